The summed E-state index contributed by atoms with van der Waals surface area (Å²) < 4.78 is 32.4. The second kappa shape index (κ2) is 8.27. The first-order chi connectivity index (χ1) is 14.4. The van der Waals surface area contributed by atoms with E-state index < -0.39 is 17.5 Å². The number of hydrogen-bond acceptors (Lipinski definition) is 6. The maximum absolute atomic E-state index is 13.9. The summed E-state index contributed by atoms with van der Waals surface area (Å²) in [6, 6.07) is 5.16. The molecule has 0 unspecified atom stereocenters. The van der Waals surface area contributed by atoms with Gasteiger partial charge >= 0.3 is 0 Å². The topological polar surface area (TPSA) is 80.2 Å². The van der Waals surface area contributed by atoms with Crippen LogP contribution in [-0.2, 0) is 11.3 Å². The molecule has 1 fully saturated rings. The molecule has 4 rings (SSSR count). The Morgan fingerprint density at radius 3 is 2.63 bits per heavy atom. The van der Waals surface area contributed by atoms with Crippen LogP contribution in [0.25, 0.3) is 11.0 Å². The van der Waals surface area contributed by atoms with Crippen molar-refractivity contribution in [1.82, 2.24) is 20.3 Å². The van der Waals surface area contributed by atoms with Gasteiger partial charge in [0.2, 0.25) is 5.82 Å². The molecule has 1 amide bonds. The molecular formula is C21H21F2N5O2. The summed E-state index contributed by atoms with van der Waals surface area (Å²) >= 11 is 0. The van der Waals surface area contributed by atoms with Gasteiger partial charge in [0.15, 0.2) is 5.65 Å². The van der Waals surface area contributed by atoms with Gasteiger partial charge < -0.3 is 15.0 Å². The predicted molar refractivity (Wildman–Crippen MR) is 107 cm³/mol. The number of nitrogens with one attached hydrogen (secondary N) is 1. The molecule has 1 aliphatic heterocycles. The molecule has 3 heterocycles. The van der Waals surface area contributed by atoms with Crippen molar-refractivity contribution >= 4 is 22.8 Å². The summed E-state index contributed by atoms with van der Waals surface area (Å²) in [6.07, 6.45) is 0. The van der Waals surface area contributed by atoms with Crippen LogP contribution in [0.3, 0.4) is 0 Å². The summed E-state index contributed by atoms with van der Waals surface area (Å²) in [4.78, 5) is 28.1. The first-order valence-corrected chi connectivity index (χ1v) is 9.63. The molecule has 0 bridgehead atoms. The van der Waals surface area contributed by atoms with Gasteiger partial charge in [-0.25, -0.2) is 23.7 Å². The lowest BCUT2D eigenvalue weighted by atomic mass is 10.1. The number of fused-ring (bicyclic) bond motifs is 1. The van der Waals surface area contributed by atoms with Crippen molar-refractivity contribution in [3.8, 4) is 0 Å². The van der Waals surface area contributed by atoms with Gasteiger partial charge in [-0.05, 0) is 31.5 Å². The largest absolute Gasteiger partial charge is 0.378 e. The van der Waals surface area contributed by atoms with Crippen molar-refractivity contribution < 1.29 is 18.3 Å². The van der Waals surface area contributed by atoms with Gasteiger partial charge in [-0.3, -0.25) is 4.79 Å². The Kier molecular flexibility index (Phi) is 5.54. The molecule has 7 nitrogen and oxygen atoms in total. The fraction of sp³-hybridized carbons (Fsp3) is 0.333. The van der Waals surface area contributed by atoms with E-state index in [1.54, 1.807) is 0 Å². The van der Waals surface area contributed by atoms with E-state index in [0.29, 0.717) is 37.8 Å². The van der Waals surface area contributed by atoms with Crippen molar-refractivity contribution in [2.45, 2.75) is 20.4 Å². The van der Waals surface area contributed by atoms with Crippen LogP contribution >= 0.6 is 0 Å². The monoisotopic (exact) mass is 413 g/mol. The number of rotatable bonds is 4. The Morgan fingerprint density at radius 2 is 1.90 bits per heavy atom. The second-order valence-corrected chi connectivity index (χ2v) is 7.17. The minimum atomic E-state index is -0.725. The minimum absolute atomic E-state index is 0.0518. The first kappa shape index (κ1) is 20.1. The van der Waals surface area contributed by atoms with Crippen LogP contribution < -0.4 is 10.2 Å². The fourth-order valence-electron chi connectivity index (χ4n) is 3.48. The van der Waals surface area contributed by atoms with Gasteiger partial charge in [0.25, 0.3) is 5.91 Å². The molecule has 1 aliphatic rings. The molecule has 1 N–H and O–H groups in total. The van der Waals surface area contributed by atoms with Crippen molar-refractivity contribution in [1.29, 1.82) is 0 Å². The van der Waals surface area contributed by atoms with E-state index in [-0.39, 0.29) is 17.9 Å². The van der Waals surface area contributed by atoms with Crippen molar-refractivity contribution in [3.63, 3.8) is 0 Å². The van der Waals surface area contributed by atoms with E-state index in [1.807, 2.05) is 24.8 Å². The quantitative estimate of drug-likeness (QED) is 0.709. The highest BCUT2D eigenvalue weighted by molar-refractivity contribution is 5.96. The Bertz CT molecular complexity index is 1120. The third kappa shape index (κ3) is 4.06. The van der Waals surface area contributed by atoms with Crippen LogP contribution in [0.1, 0.15) is 27.4 Å². The Balaban J connectivity index is 1.68. The number of carbonyl (C=O) groups is 1. The van der Waals surface area contributed by atoms with Gasteiger partial charge in [0.1, 0.15) is 17.5 Å². The number of ether oxygens (including phenoxy) is 1. The lowest BCUT2D eigenvalue weighted by molar-refractivity contribution is 0.0940. The van der Waals surface area contributed by atoms with Gasteiger partial charge in [-0.2, -0.15) is 0 Å². The number of morpholine rings is 1. The smallest absolute Gasteiger partial charge is 0.289 e. The van der Waals surface area contributed by atoms with Crippen LogP contribution in [0.2, 0.25) is 0 Å². The van der Waals surface area contributed by atoms with Crippen LogP contribution in [0.5, 0.6) is 0 Å². The summed E-state index contributed by atoms with van der Waals surface area (Å²) in [5.41, 5.74) is 2.36. The number of carbonyl (C=O) groups excluding carboxylic acids is 1. The maximum atomic E-state index is 13.9. The zero-order valence-electron chi connectivity index (χ0n) is 16.7. The van der Waals surface area contributed by atoms with Gasteiger partial charge in [-0.15, -0.1) is 0 Å². The summed E-state index contributed by atoms with van der Waals surface area (Å²) in [5, 5.41) is 3.40. The summed E-state index contributed by atoms with van der Waals surface area (Å²) in [5.74, 6) is -1.38. The number of aromatic nitrogens is 3. The fourth-order valence-corrected chi connectivity index (χ4v) is 3.48. The van der Waals surface area contributed by atoms with Gasteiger partial charge in [-0.1, -0.05) is 6.07 Å². The molecule has 9 heteroatoms. The number of aryl methyl sites for hydroxylation is 2. The van der Waals surface area contributed by atoms with Crippen LogP contribution in [0.15, 0.2) is 24.3 Å². The molecule has 0 atom stereocenters. The number of benzene rings is 1. The second-order valence-electron chi connectivity index (χ2n) is 7.17. The van der Waals surface area contributed by atoms with Crippen molar-refractivity contribution in [2.24, 2.45) is 0 Å². The molecule has 1 aromatic carbocycles. The highest BCUT2D eigenvalue weighted by Gasteiger charge is 2.22. The highest BCUT2D eigenvalue weighted by Crippen LogP contribution is 2.27. The minimum Gasteiger partial charge on any atom is -0.378 e. The molecular weight excluding hydrogens is 392 g/mol. The summed E-state index contributed by atoms with van der Waals surface area (Å²) in [6.45, 7) is 6.12. The average molecular weight is 413 g/mol. The highest BCUT2D eigenvalue weighted by atomic mass is 19.1. The molecule has 0 saturated carbocycles. The average Bonchev–Trinajstić information content (AvgIpc) is 2.72. The zero-order valence-corrected chi connectivity index (χ0v) is 16.7. The third-order valence-electron chi connectivity index (χ3n) is 4.94. The van der Waals surface area contributed by atoms with Crippen LogP contribution in [0.4, 0.5) is 14.6 Å². The number of halogens is 2. The number of anilines is 1. The van der Waals surface area contributed by atoms with Gasteiger partial charge in [0.05, 0.1) is 18.6 Å². The number of nitrogens with zero attached hydrogens (tertiary/aromatic N) is 4. The Morgan fingerprint density at radius 1 is 1.13 bits per heavy atom. The van der Waals surface area contributed by atoms with E-state index in [0.717, 1.165) is 28.8 Å². The van der Waals surface area contributed by atoms with E-state index in [9.17, 15) is 13.6 Å². The van der Waals surface area contributed by atoms with Crippen LogP contribution in [-0.4, -0.2) is 47.2 Å². The SMILES string of the molecule is Cc1cc(C)c2c(N3CCOCC3)nc(C(=O)NCc3ccc(F)cc3F)nc2n1. The number of hydrogen-bond donors (Lipinski definition) is 1. The van der Waals surface area contributed by atoms with Gasteiger partial charge in [0, 0.05) is 37.0 Å². The zero-order chi connectivity index (χ0) is 21.3. The molecule has 2 aromatic heterocycles. The van der Waals surface area contributed by atoms with E-state index in [2.05, 4.69) is 20.3 Å². The molecule has 156 valence electrons. The van der Waals surface area contributed by atoms with Crippen molar-refractivity contribution in [3.05, 3.63) is 58.5 Å². The Hall–Kier alpha value is -3.20. The predicted octanol–water partition coefficient (Wildman–Crippen LogP) is 2.69. The molecule has 1 saturated heterocycles. The third-order valence-corrected chi connectivity index (χ3v) is 4.94. The normalized spacial score (nSPS) is 14.2. The van der Waals surface area contributed by atoms with E-state index >= 15 is 0 Å². The maximum Gasteiger partial charge on any atom is 0.289 e. The molecule has 0 spiro atoms. The molecule has 0 radical (unpaired) electrons. The number of pyridine rings is 1. The Labute approximate surface area is 172 Å². The van der Waals surface area contributed by atoms with Crippen LogP contribution in [0, 0.1) is 25.5 Å². The number of amides is 1. The van der Waals surface area contributed by atoms with E-state index in [1.165, 1.54) is 6.07 Å². The summed E-state index contributed by atoms with van der Waals surface area (Å²) in [7, 11) is 0. The lowest BCUT2D eigenvalue weighted by Crippen LogP contribution is -2.37. The molecule has 30 heavy (non-hydrogen) atoms. The lowest BCUT2D eigenvalue weighted by Gasteiger charge is -2.29. The molecule has 3 aromatic rings. The first-order valence-electron chi connectivity index (χ1n) is 9.63. The van der Waals surface area contributed by atoms with Crippen molar-refractivity contribution in [2.75, 3.05) is 31.2 Å². The van der Waals surface area contributed by atoms with E-state index in [4.69, 9.17) is 4.74 Å². The molecule has 0 aliphatic carbocycles. The standard InChI is InChI=1S/C21H21F2N5O2/c1-12-9-13(2)25-18-17(12)20(28-5-7-30-8-6-28)27-19(26-18)21(29)24-11-14-3-4-15(22)10-16(14)23/h3-4,9-10H,5-8,11H2,1-2H3,(H,24,29).